The number of rotatable bonds is 2. The van der Waals surface area contributed by atoms with Gasteiger partial charge in [0.05, 0.1) is 11.4 Å². The van der Waals surface area contributed by atoms with Crippen LogP contribution >= 0.6 is 0 Å². The lowest BCUT2D eigenvalue weighted by molar-refractivity contribution is 0.342. The third kappa shape index (κ3) is 3.65. The second-order valence-electron chi connectivity index (χ2n) is 5.32. The molecule has 2 N–H and O–H groups in total. The van der Waals surface area contributed by atoms with E-state index in [0.717, 1.165) is 25.7 Å². The molecular formula is C16H22N2O2S. The van der Waals surface area contributed by atoms with E-state index in [9.17, 15) is 8.42 Å². The molecule has 2 rings (SSSR count). The first-order chi connectivity index (χ1) is 10.1. The van der Waals surface area contributed by atoms with Crippen molar-refractivity contribution >= 4 is 10.0 Å². The van der Waals surface area contributed by atoms with Crippen molar-refractivity contribution in [2.24, 2.45) is 5.73 Å². The maximum Gasteiger partial charge on any atom is 0.244 e. The van der Waals surface area contributed by atoms with Crippen molar-refractivity contribution in [2.45, 2.75) is 43.5 Å². The molecule has 1 unspecified atom stereocenters. The van der Waals surface area contributed by atoms with Crippen molar-refractivity contribution in [3.8, 4) is 11.8 Å². The van der Waals surface area contributed by atoms with Crippen LogP contribution in [0.4, 0.5) is 0 Å². The summed E-state index contributed by atoms with van der Waals surface area (Å²) in [5, 5.41) is 0. The van der Waals surface area contributed by atoms with Crippen LogP contribution in [0.15, 0.2) is 29.2 Å². The van der Waals surface area contributed by atoms with Gasteiger partial charge in [-0.3, -0.25) is 0 Å². The van der Waals surface area contributed by atoms with Crippen LogP contribution in [0.3, 0.4) is 0 Å². The smallest absolute Gasteiger partial charge is 0.244 e. The summed E-state index contributed by atoms with van der Waals surface area (Å²) < 4.78 is 27.6. The summed E-state index contributed by atoms with van der Waals surface area (Å²) in [4.78, 5) is 0.291. The quantitative estimate of drug-likeness (QED) is 0.850. The minimum atomic E-state index is -3.51. The summed E-state index contributed by atoms with van der Waals surface area (Å²) in [6.45, 7) is 2.79. The summed E-state index contributed by atoms with van der Waals surface area (Å²) in [5.74, 6) is 5.61. The maximum absolute atomic E-state index is 13.0. The van der Waals surface area contributed by atoms with E-state index in [1.807, 2.05) is 6.92 Å². The van der Waals surface area contributed by atoms with Crippen LogP contribution in [0.2, 0.25) is 0 Å². The van der Waals surface area contributed by atoms with Gasteiger partial charge in [0.15, 0.2) is 0 Å². The van der Waals surface area contributed by atoms with Gasteiger partial charge in [-0.05, 0) is 31.9 Å². The summed E-state index contributed by atoms with van der Waals surface area (Å²) in [6.07, 6.45) is 4.00. The molecule has 5 heteroatoms. The number of hydrogen-bond donors (Lipinski definition) is 1. The topological polar surface area (TPSA) is 63.4 Å². The second kappa shape index (κ2) is 7.08. The molecule has 1 heterocycles. The third-order valence-corrected chi connectivity index (χ3v) is 5.86. The molecule has 1 aromatic rings. The maximum atomic E-state index is 13.0. The predicted molar refractivity (Wildman–Crippen MR) is 84.2 cm³/mol. The molecule has 1 aliphatic heterocycles. The van der Waals surface area contributed by atoms with Gasteiger partial charge in [-0.2, -0.15) is 4.31 Å². The highest BCUT2D eigenvalue weighted by molar-refractivity contribution is 7.89. The molecule has 1 aliphatic rings. The third-order valence-electron chi connectivity index (χ3n) is 3.79. The van der Waals surface area contributed by atoms with Crippen LogP contribution in [0, 0.1) is 11.8 Å². The number of nitrogens with zero attached hydrogens (tertiary/aromatic N) is 1. The van der Waals surface area contributed by atoms with Crippen LogP contribution in [-0.4, -0.2) is 31.9 Å². The van der Waals surface area contributed by atoms with Gasteiger partial charge in [0.1, 0.15) is 0 Å². The standard InChI is InChI=1S/C16H22N2O2S/c1-14-8-3-2-6-13-18(14)21(19,20)16-11-5-4-9-15(16)10-7-12-17/h4-5,9,11,14H,2-3,6,8,12-13,17H2,1H3. The summed E-state index contributed by atoms with van der Waals surface area (Å²) in [7, 11) is -3.51. The summed E-state index contributed by atoms with van der Waals surface area (Å²) in [5.41, 5.74) is 5.91. The lowest BCUT2D eigenvalue weighted by atomic mass is 10.1. The van der Waals surface area contributed by atoms with E-state index >= 15 is 0 Å². The Bertz CT molecular complexity index is 644. The first-order valence-electron chi connectivity index (χ1n) is 7.37. The van der Waals surface area contributed by atoms with E-state index in [0.29, 0.717) is 17.0 Å². The Labute approximate surface area is 127 Å². The zero-order valence-corrected chi connectivity index (χ0v) is 13.2. The molecule has 21 heavy (non-hydrogen) atoms. The van der Waals surface area contributed by atoms with E-state index < -0.39 is 10.0 Å². The van der Waals surface area contributed by atoms with Crippen molar-refractivity contribution in [2.75, 3.05) is 13.1 Å². The highest BCUT2D eigenvalue weighted by Crippen LogP contribution is 2.26. The van der Waals surface area contributed by atoms with Gasteiger partial charge in [-0.1, -0.05) is 36.8 Å². The fraction of sp³-hybridized carbons (Fsp3) is 0.500. The van der Waals surface area contributed by atoms with Crippen LogP contribution in [0.1, 0.15) is 38.2 Å². The molecule has 1 atom stereocenters. The molecule has 0 bridgehead atoms. The molecule has 0 aromatic heterocycles. The van der Waals surface area contributed by atoms with Gasteiger partial charge in [-0.15, -0.1) is 0 Å². The van der Waals surface area contributed by atoms with Gasteiger partial charge in [0.2, 0.25) is 10.0 Å². The molecule has 114 valence electrons. The Morgan fingerprint density at radius 2 is 2.05 bits per heavy atom. The molecule has 1 fully saturated rings. The number of hydrogen-bond acceptors (Lipinski definition) is 3. The molecule has 0 saturated carbocycles. The van der Waals surface area contributed by atoms with Gasteiger partial charge in [-0.25, -0.2) is 8.42 Å². The number of benzene rings is 1. The normalized spacial score (nSPS) is 20.4. The minimum absolute atomic E-state index is 0.0352. The van der Waals surface area contributed by atoms with Gasteiger partial charge < -0.3 is 5.73 Å². The van der Waals surface area contributed by atoms with Crippen LogP contribution < -0.4 is 5.73 Å². The Hall–Kier alpha value is -1.35. The molecule has 0 spiro atoms. The fourth-order valence-electron chi connectivity index (χ4n) is 2.67. The molecule has 1 aromatic carbocycles. The van der Waals surface area contributed by atoms with E-state index in [-0.39, 0.29) is 12.6 Å². The average molecular weight is 306 g/mol. The summed E-state index contributed by atoms with van der Waals surface area (Å²) >= 11 is 0. The Balaban J connectivity index is 2.43. The number of nitrogens with two attached hydrogens (primary N) is 1. The van der Waals surface area contributed by atoms with Gasteiger partial charge >= 0.3 is 0 Å². The summed E-state index contributed by atoms with van der Waals surface area (Å²) in [6, 6.07) is 6.94. The molecule has 0 amide bonds. The molecular weight excluding hydrogens is 284 g/mol. The highest BCUT2D eigenvalue weighted by Gasteiger charge is 2.31. The monoisotopic (exact) mass is 306 g/mol. The second-order valence-corrected chi connectivity index (χ2v) is 7.18. The first-order valence-corrected chi connectivity index (χ1v) is 8.81. The molecule has 1 saturated heterocycles. The fourth-order valence-corrected chi connectivity index (χ4v) is 4.52. The van der Waals surface area contributed by atoms with E-state index in [2.05, 4.69) is 11.8 Å². The highest BCUT2D eigenvalue weighted by atomic mass is 32.2. The van der Waals surface area contributed by atoms with Crippen molar-refractivity contribution in [1.82, 2.24) is 4.31 Å². The lowest BCUT2D eigenvalue weighted by Crippen LogP contribution is -2.38. The van der Waals surface area contributed by atoms with Gasteiger partial charge in [0, 0.05) is 18.2 Å². The molecule has 0 aliphatic carbocycles. The SMILES string of the molecule is CC1CCCCCN1S(=O)(=O)c1ccccc1C#CCN. The predicted octanol–water partition coefficient (Wildman–Crippen LogP) is 1.95. The number of sulfonamides is 1. The van der Waals surface area contributed by atoms with Crippen LogP contribution in [-0.2, 0) is 10.0 Å². The van der Waals surface area contributed by atoms with Crippen molar-refractivity contribution in [3.63, 3.8) is 0 Å². The zero-order valence-electron chi connectivity index (χ0n) is 12.4. The van der Waals surface area contributed by atoms with E-state index in [1.54, 1.807) is 28.6 Å². The Kier molecular flexibility index (Phi) is 5.40. The molecule has 0 radical (unpaired) electrons. The minimum Gasteiger partial charge on any atom is -0.320 e. The zero-order chi connectivity index (χ0) is 15.3. The Morgan fingerprint density at radius 1 is 1.29 bits per heavy atom. The van der Waals surface area contributed by atoms with Crippen LogP contribution in [0.25, 0.3) is 0 Å². The first kappa shape index (κ1) is 16.0. The van der Waals surface area contributed by atoms with E-state index in [4.69, 9.17) is 5.73 Å². The van der Waals surface area contributed by atoms with Crippen molar-refractivity contribution in [3.05, 3.63) is 29.8 Å². The van der Waals surface area contributed by atoms with Crippen molar-refractivity contribution in [1.29, 1.82) is 0 Å². The van der Waals surface area contributed by atoms with Crippen molar-refractivity contribution < 1.29 is 8.42 Å². The van der Waals surface area contributed by atoms with Crippen LogP contribution in [0.5, 0.6) is 0 Å². The largest absolute Gasteiger partial charge is 0.320 e. The molecule has 4 nitrogen and oxygen atoms in total. The van der Waals surface area contributed by atoms with Gasteiger partial charge in [0.25, 0.3) is 0 Å². The average Bonchev–Trinajstić information content (AvgIpc) is 2.70. The Morgan fingerprint density at radius 3 is 2.81 bits per heavy atom. The van der Waals surface area contributed by atoms with E-state index in [1.165, 1.54) is 0 Å². The lowest BCUT2D eigenvalue weighted by Gasteiger charge is -2.26.